The van der Waals surface area contributed by atoms with Crippen LogP contribution in [-0.4, -0.2) is 48.8 Å². The molecule has 0 unspecified atom stereocenters. The van der Waals surface area contributed by atoms with Gasteiger partial charge in [0, 0.05) is 32.4 Å². The van der Waals surface area contributed by atoms with Crippen molar-refractivity contribution in [3.05, 3.63) is 47.6 Å². The van der Waals surface area contributed by atoms with Gasteiger partial charge in [-0.25, -0.2) is 8.42 Å². The van der Waals surface area contributed by atoms with Crippen molar-refractivity contribution < 1.29 is 8.42 Å². The predicted octanol–water partition coefficient (Wildman–Crippen LogP) is 2.04. The molecule has 1 aliphatic rings. The molecule has 3 rings (SSSR count). The van der Waals surface area contributed by atoms with E-state index in [1.165, 1.54) is 11.3 Å². The number of pyridine rings is 1. The minimum Gasteiger partial charge on any atom is -0.296 e. The minimum absolute atomic E-state index is 0.436. The third-order valence-corrected chi connectivity index (χ3v) is 7.02. The normalized spacial score (nSPS) is 18.2. The van der Waals surface area contributed by atoms with Gasteiger partial charge in [-0.3, -0.25) is 9.88 Å². The van der Waals surface area contributed by atoms with Crippen LogP contribution in [0, 0.1) is 0 Å². The van der Waals surface area contributed by atoms with E-state index in [1.807, 2.05) is 18.2 Å². The molecule has 0 atom stereocenters. The summed E-state index contributed by atoms with van der Waals surface area (Å²) < 4.78 is 27.2. The third kappa shape index (κ3) is 3.55. The Morgan fingerprint density at radius 3 is 2.73 bits per heavy atom. The highest BCUT2D eigenvalue weighted by Crippen LogP contribution is 2.22. The van der Waals surface area contributed by atoms with Crippen LogP contribution in [0.2, 0.25) is 0 Å². The van der Waals surface area contributed by atoms with Gasteiger partial charge in [0.25, 0.3) is 10.0 Å². The van der Waals surface area contributed by atoms with Crippen LogP contribution >= 0.6 is 11.3 Å². The fraction of sp³-hybridized carbons (Fsp3) is 0.400. The molecule has 0 N–H and O–H groups in total. The first-order valence-corrected chi connectivity index (χ1v) is 9.64. The van der Waals surface area contributed by atoms with Crippen LogP contribution in [0.1, 0.15) is 12.1 Å². The molecule has 2 aromatic heterocycles. The maximum Gasteiger partial charge on any atom is 0.252 e. The van der Waals surface area contributed by atoms with Crippen LogP contribution < -0.4 is 0 Å². The van der Waals surface area contributed by atoms with Crippen LogP contribution in [0.5, 0.6) is 0 Å². The molecule has 0 bridgehead atoms. The van der Waals surface area contributed by atoms with Gasteiger partial charge in [0.1, 0.15) is 4.21 Å². The zero-order valence-corrected chi connectivity index (χ0v) is 13.9. The van der Waals surface area contributed by atoms with Crippen LogP contribution in [0.3, 0.4) is 0 Å². The Morgan fingerprint density at radius 2 is 2.00 bits per heavy atom. The lowest BCUT2D eigenvalue weighted by atomic mass is 10.3. The summed E-state index contributed by atoms with van der Waals surface area (Å²) in [5.74, 6) is 0. The van der Waals surface area contributed by atoms with E-state index in [0.717, 1.165) is 31.7 Å². The second kappa shape index (κ2) is 6.87. The fourth-order valence-electron chi connectivity index (χ4n) is 2.60. The minimum atomic E-state index is -3.33. The maximum atomic E-state index is 12.6. The Labute approximate surface area is 135 Å². The van der Waals surface area contributed by atoms with E-state index in [1.54, 1.807) is 28.0 Å². The van der Waals surface area contributed by atoms with Crippen molar-refractivity contribution in [2.75, 3.05) is 26.2 Å². The standard InChI is InChI=1S/C15H19N3O2S2/c19-22(20,15-6-3-12-21-15)18-9-4-8-17(10-11-18)13-14-5-1-2-7-16-14/h1-3,5-7,12H,4,8-11,13H2. The van der Waals surface area contributed by atoms with Crippen molar-refractivity contribution >= 4 is 21.4 Å². The molecule has 1 saturated heterocycles. The molecule has 3 heterocycles. The highest BCUT2D eigenvalue weighted by molar-refractivity contribution is 7.91. The van der Waals surface area contributed by atoms with Gasteiger partial charge in [-0.15, -0.1) is 11.3 Å². The molecule has 118 valence electrons. The molecule has 1 aliphatic heterocycles. The predicted molar refractivity (Wildman–Crippen MR) is 87.2 cm³/mol. The molecule has 7 heteroatoms. The van der Waals surface area contributed by atoms with Crippen molar-refractivity contribution in [2.45, 2.75) is 17.2 Å². The summed E-state index contributed by atoms with van der Waals surface area (Å²) in [4.78, 5) is 6.61. The molecule has 1 fully saturated rings. The summed E-state index contributed by atoms with van der Waals surface area (Å²) in [5, 5.41) is 1.80. The number of rotatable bonds is 4. The highest BCUT2D eigenvalue weighted by Gasteiger charge is 2.27. The Morgan fingerprint density at radius 1 is 1.09 bits per heavy atom. The van der Waals surface area contributed by atoms with E-state index in [4.69, 9.17) is 0 Å². The van der Waals surface area contributed by atoms with E-state index in [2.05, 4.69) is 9.88 Å². The second-order valence-electron chi connectivity index (χ2n) is 5.29. The van der Waals surface area contributed by atoms with Gasteiger partial charge >= 0.3 is 0 Å². The Kier molecular flexibility index (Phi) is 4.87. The summed E-state index contributed by atoms with van der Waals surface area (Å²) in [6.45, 7) is 3.52. The van der Waals surface area contributed by atoms with Crippen LogP contribution in [-0.2, 0) is 16.6 Å². The van der Waals surface area contributed by atoms with Gasteiger partial charge in [0.05, 0.1) is 5.69 Å². The van der Waals surface area contributed by atoms with E-state index < -0.39 is 10.0 Å². The summed E-state index contributed by atoms with van der Waals surface area (Å²) in [5.41, 5.74) is 1.03. The van der Waals surface area contributed by atoms with Gasteiger partial charge in [0.2, 0.25) is 0 Å². The topological polar surface area (TPSA) is 53.5 Å². The number of hydrogen-bond acceptors (Lipinski definition) is 5. The number of sulfonamides is 1. The van der Waals surface area contributed by atoms with E-state index in [0.29, 0.717) is 17.3 Å². The third-order valence-electron chi connectivity index (χ3n) is 3.75. The molecule has 0 aromatic carbocycles. The van der Waals surface area contributed by atoms with Gasteiger partial charge in [0.15, 0.2) is 0 Å². The number of nitrogens with zero attached hydrogens (tertiary/aromatic N) is 3. The molecule has 0 spiro atoms. The first-order valence-electron chi connectivity index (χ1n) is 7.32. The Balaban J connectivity index is 1.65. The smallest absolute Gasteiger partial charge is 0.252 e. The van der Waals surface area contributed by atoms with Crippen molar-refractivity contribution in [3.8, 4) is 0 Å². The molecule has 0 radical (unpaired) electrons. The summed E-state index contributed by atoms with van der Waals surface area (Å²) in [7, 11) is -3.33. The Hall–Kier alpha value is -1.28. The zero-order valence-electron chi connectivity index (χ0n) is 12.3. The summed E-state index contributed by atoms with van der Waals surface area (Å²) in [6.07, 6.45) is 2.64. The molecule has 5 nitrogen and oxygen atoms in total. The lowest BCUT2D eigenvalue weighted by Gasteiger charge is -2.21. The van der Waals surface area contributed by atoms with E-state index >= 15 is 0 Å². The molecular weight excluding hydrogens is 318 g/mol. The fourth-order valence-corrected chi connectivity index (χ4v) is 5.22. The first-order chi connectivity index (χ1) is 10.7. The maximum absolute atomic E-state index is 12.6. The van der Waals surface area contributed by atoms with Crippen molar-refractivity contribution in [2.24, 2.45) is 0 Å². The van der Waals surface area contributed by atoms with E-state index in [-0.39, 0.29) is 0 Å². The molecular formula is C15H19N3O2S2. The number of thiophene rings is 1. The second-order valence-corrected chi connectivity index (χ2v) is 8.40. The summed E-state index contributed by atoms with van der Waals surface area (Å²) >= 11 is 1.28. The largest absolute Gasteiger partial charge is 0.296 e. The number of hydrogen-bond donors (Lipinski definition) is 0. The highest BCUT2D eigenvalue weighted by atomic mass is 32.2. The van der Waals surface area contributed by atoms with Gasteiger partial charge in [-0.1, -0.05) is 12.1 Å². The molecule has 0 amide bonds. The van der Waals surface area contributed by atoms with Crippen LogP contribution in [0.15, 0.2) is 46.1 Å². The molecule has 0 saturated carbocycles. The average Bonchev–Trinajstić information content (AvgIpc) is 2.97. The van der Waals surface area contributed by atoms with Crippen LogP contribution in [0.25, 0.3) is 0 Å². The molecule has 2 aromatic rings. The van der Waals surface area contributed by atoms with Crippen molar-refractivity contribution in [1.29, 1.82) is 0 Å². The van der Waals surface area contributed by atoms with Crippen LogP contribution in [0.4, 0.5) is 0 Å². The summed E-state index contributed by atoms with van der Waals surface area (Å²) in [6, 6.07) is 9.35. The lowest BCUT2D eigenvalue weighted by molar-refractivity contribution is 0.275. The lowest BCUT2D eigenvalue weighted by Crippen LogP contribution is -2.34. The van der Waals surface area contributed by atoms with Crippen molar-refractivity contribution in [3.63, 3.8) is 0 Å². The SMILES string of the molecule is O=S(=O)(c1cccs1)N1CCCN(Cc2ccccn2)CC1. The zero-order chi connectivity index (χ0) is 15.4. The quantitative estimate of drug-likeness (QED) is 0.857. The van der Waals surface area contributed by atoms with E-state index in [9.17, 15) is 8.42 Å². The number of aromatic nitrogens is 1. The van der Waals surface area contributed by atoms with Gasteiger partial charge in [-0.2, -0.15) is 4.31 Å². The Bertz CT molecular complexity index is 687. The van der Waals surface area contributed by atoms with Gasteiger partial charge < -0.3 is 0 Å². The monoisotopic (exact) mass is 337 g/mol. The van der Waals surface area contributed by atoms with Gasteiger partial charge in [-0.05, 0) is 36.5 Å². The van der Waals surface area contributed by atoms with Crippen molar-refractivity contribution in [1.82, 2.24) is 14.2 Å². The average molecular weight is 337 g/mol. The first kappa shape index (κ1) is 15.6. The molecule has 0 aliphatic carbocycles. The molecule has 22 heavy (non-hydrogen) atoms.